The van der Waals surface area contributed by atoms with Crippen LogP contribution in [0.15, 0.2) is 42.5 Å². The zero-order valence-electron chi connectivity index (χ0n) is 24.3. The highest BCUT2D eigenvalue weighted by Crippen LogP contribution is 2.40. The summed E-state index contributed by atoms with van der Waals surface area (Å²) < 4.78 is 12.2. The maximum absolute atomic E-state index is 14.1. The normalized spacial score (nSPS) is 19.4. The number of carboxylic acids is 1. The van der Waals surface area contributed by atoms with Gasteiger partial charge in [-0.3, -0.25) is 9.59 Å². The van der Waals surface area contributed by atoms with E-state index in [1.807, 2.05) is 36.4 Å². The number of ether oxygens (including phenoxy) is 2. The van der Waals surface area contributed by atoms with Crippen molar-refractivity contribution in [3.63, 3.8) is 0 Å². The van der Waals surface area contributed by atoms with E-state index >= 15 is 0 Å². The number of hydrogen-bond acceptors (Lipinski definition) is 5. The van der Waals surface area contributed by atoms with Crippen LogP contribution in [0, 0.1) is 11.3 Å². The lowest BCUT2D eigenvalue weighted by atomic mass is 9.93. The van der Waals surface area contributed by atoms with Gasteiger partial charge in [0.15, 0.2) is 0 Å². The van der Waals surface area contributed by atoms with E-state index in [4.69, 9.17) is 21.1 Å². The van der Waals surface area contributed by atoms with E-state index in [1.54, 1.807) is 27.9 Å². The standard InChI is InChI=1S/C31H40ClN3O6/c1-31(2,3)20-35-25-11-10-22(32)18-24(25)28(23-8-5-6-9-26(23)40-4)41-17-7-14-34(19-27(35)36)30(39)33-15-12-21(13-16-33)29(37)38/h5-6,8-11,18,21,28H,7,12-17,19-20H2,1-4H3,(H,37,38). The van der Waals surface area contributed by atoms with Gasteiger partial charge in [-0.15, -0.1) is 0 Å². The SMILES string of the molecule is COc1ccccc1C1OCCCN(C(=O)N2CCC(C(=O)O)CC2)CC(=O)N(CC(C)(C)C)c2ccc(Cl)cc21. The second kappa shape index (κ2) is 13.1. The molecule has 4 rings (SSSR count). The number of halogens is 1. The van der Waals surface area contributed by atoms with Gasteiger partial charge in [0.05, 0.1) is 13.0 Å². The molecule has 41 heavy (non-hydrogen) atoms. The third-order valence-corrected chi connectivity index (χ3v) is 7.72. The molecule has 1 N–H and O–H groups in total. The van der Waals surface area contributed by atoms with Crippen molar-refractivity contribution < 1.29 is 29.0 Å². The zero-order valence-corrected chi connectivity index (χ0v) is 25.0. The van der Waals surface area contributed by atoms with Gasteiger partial charge in [0, 0.05) is 54.6 Å². The minimum absolute atomic E-state index is 0.102. The number of hydrogen-bond donors (Lipinski definition) is 1. The zero-order chi connectivity index (χ0) is 29.7. The van der Waals surface area contributed by atoms with Crippen LogP contribution >= 0.6 is 11.6 Å². The first kappa shape index (κ1) is 30.7. The molecule has 1 fully saturated rings. The van der Waals surface area contributed by atoms with E-state index in [-0.39, 0.29) is 23.9 Å². The Kier molecular flexibility index (Phi) is 9.81. The predicted molar refractivity (Wildman–Crippen MR) is 158 cm³/mol. The van der Waals surface area contributed by atoms with Crippen molar-refractivity contribution in [2.24, 2.45) is 11.3 Å². The Morgan fingerprint density at radius 1 is 1.05 bits per heavy atom. The first-order valence-electron chi connectivity index (χ1n) is 14.1. The molecule has 2 aromatic carbocycles. The number of methoxy groups -OCH3 is 1. The van der Waals surface area contributed by atoms with Crippen LogP contribution in [0.1, 0.15) is 57.3 Å². The maximum atomic E-state index is 14.1. The summed E-state index contributed by atoms with van der Waals surface area (Å²) in [7, 11) is 1.61. The minimum Gasteiger partial charge on any atom is -0.496 e. The van der Waals surface area contributed by atoms with Gasteiger partial charge in [-0.1, -0.05) is 50.6 Å². The van der Waals surface area contributed by atoms with Crippen LogP contribution in [-0.2, 0) is 14.3 Å². The molecule has 9 nitrogen and oxygen atoms in total. The van der Waals surface area contributed by atoms with Crippen molar-refractivity contribution in [3.8, 4) is 5.75 Å². The van der Waals surface area contributed by atoms with Crippen LogP contribution in [-0.4, -0.2) is 79.3 Å². The average molecular weight is 586 g/mol. The fourth-order valence-corrected chi connectivity index (χ4v) is 5.64. The molecule has 2 aliphatic heterocycles. The monoisotopic (exact) mass is 585 g/mol. The molecule has 3 amide bonds. The van der Waals surface area contributed by atoms with Gasteiger partial charge < -0.3 is 29.3 Å². The Balaban J connectivity index is 1.73. The van der Waals surface area contributed by atoms with Gasteiger partial charge in [-0.25, -0.2) is 4.79 Å². The summed E-state index contributed by atoms with van der Waals surface area (Å²) in [6.45, 7) is 7.83. The number of anilines is 1. The highest BCUT2D eigenvalue weighted by Gasteiger charge is 2.34. The molecular formula is C31H40ClN3O6. The van der Waals surface area contributed by atoms with Gasteiger partial charge in [-0.05, 0) is 48.9 Å². The first-order chi connectivity index (χ1) is 19.5. The number of para-hydroxylation sites is 1. The summed E-state index contributed by atoms with van der Waals surface area (Å²) in [6, 6.07) is 12.8. The van der Waals surface area contributed by atoms with Crippen LogP contribution in [0.2, 0.25) is 5.02 Å². The predicted octanol–water partition coefficient (Wildman–Crippen LogP) is 5.46. The number of nitrogens with zero attached hydrogens (tertiary/aromatic N) is 3. The number of carbonyl (C=O) groups is 3. The van der Waals surface area contributed by atoms with Crippen LogP contribution in [0.5, 0.6) is 5.75 Å². The number of carboxylic acid groups (broad SMARTS) is 1. The largest absolute Gasteiger partial charge is 0.496 e. The summed E-state index contributed by atoms with van der Waals surface area (Å²) in [5.41, 5.74) is 1.98. The molecule has 2 aliphatic rings. The van der Waals surface area contributed by atoms with E-state index < -0.39 is 18.0 Å². The Hall–Kier alpha value is -3.30. The molecule has 1 saturated heterocycles. The van der Waals surface area contributed by atoms with Crippen molar-refractivity contribution in [2.45, 2.75) is 46.1 Å². The van der Waals surface area contributed by atoms with Crippen molar-refractivity contribution in [1.29, 1.82) is 0 Å². The number of benzene rings is 2. The lowest BCUT2D eigenvalue weighted by molar-refractivity contribution is -0.143. The summed E-state index contributed by atoms with van der Waals surface area (Å²) >= 11 is 6.51. The summed E-state index contributed by atoms with van der Waals surface area (Å²) in [5.74, 6) is -0.832. The number of urea groups is 1. The van der Waals surface area contributed by atoms with Crippen LogP contribution < -0.4 is 9.64 Å². The van der Waals surface area contributed by atoms with Crippen molar-refractivity contribution >= 4 is 35.2 Å². The Morgan fingerprint density at radius 3 is 2.41 bits per heavy atom. The van der Waals surface area contributed by atoms with Crippen molar-refractivity contribution in [3.05, 3.63) is 58.6 Å². The molecule has 0 aromatic heterocycles. The fourth-order valence-electron chi connectivity index (χ4n) is 5.46. The number of piperidine rings is 1. The second-order valence-electron chi connectivity index (χ2n) is 11.9. The maximum Gasteiger partial charge on any atom is 0.320 e. The first-order valence-corrected chi connectivity index (χ1v) is 14.5. The molecule has 2 aromatic rings. The van der Waals surface area contributed by atoms with Crippen molar-refractivity contribution in [1.82, 2.24) is 9.80 Å². The van der Waals surface area contributed by atoms with E-state index in [0.29, 0.717) is 68.5 Å². The molecule has 0 bridgehead atoms. The van der Waals surface area contributed by atoms with Gasteiger partial charge in [0.2, 0.25) is 5.91 Å². The highest BCUT2D eigenvalue weighted by molar-refractivity contribution is 6.30. The highest BCUT2D eigenvalue weighted by atomic mass is 35.5. The molecule has 0 saturated carbocycles. The third-order valence-electron chi connectivity index (χ3n) is 7.49. The quantitative estimate of drug-likeness (QED) is 0.512. The minimum atomic E-state index is -0.833. The topological polar surface area (TPSA) is 99.6 Å². The Morgan fingerprint density at radius 2 is 1.76 bits per heavy atom. The molecule has 0 aliphatic carbocycles. The van der Waals surface area contributed by atoms with E-state index in [1.165, 1.54) is 0 Å². The van der Waals surface area contributed by atoms with Crippen LogP contribution in [0.3, 0.4) is 0 Å². The molecule has 1 atom stereocenters. The van der Waals surface area contributed by atoms with Crippen LogP contribution in [0.25, 0.3) is 0 Å². The van der Waals surface area contributed by atoms with E-state index in [0.717, 1.165) is 11.1 Å². The summed E-state index contributed by atoms with van der Waals surface area (Å²) in [4.78, 5) is 44.1. The molecule has 0 radical (unpaired) electrons. The molecule has 10 heteroatoms. The number of fused-ring (bicyclic) bond motifs is 1. The van der Waals surface area contributed by atoms with E-state index in [2.05, 4.69) is 20.8 Å². The summed E-state index contributed by atoms with van der Waals surface area (Å²) in [6.07, 6.45) is 0.742. The second-order valence-corrected chi connectivity index (χ2v) is 12.3. The number of likely N-dealkylation sites (tertiary alicyclic amines) is 1. The number of amides is 3. The number of carbonyl (C=O) groups excluding carboxylic acids is 2. The average Bonchev–Trinajstić information content (AvgIpc) is 2.96. The molecule has 0 spiro atoms. The van der Waals surface area contributed by atoms with Gasteiger partial charge in [-0.2, -0.15) is 0 Å². The van der Waals surface area contributed by atoms with Crippen molar-refractivity contribution in [2.75, 3.05) is 51.3 Å². The van der Waals surface area contributed by atoms with Gasteiger partial charge in [0.1, 0.15) is 18.4 Å². The van der Waals surface area contributed by atoms with Crippen LogP contribution in [0.4, 0.5) is 10.5 Å². The lowest BCUT2D eigenvalue weighted by Gasteiger charge is -2.36. The molecular weight excluding hydrogens is 546 g/mol. The Bertz CT molecular complexity index is 1250. The third kappa shape index (κ3) is 7.51. The Labute approximate surface area is 246 Å². The molecule has 222 valence electrons. The molecule has 1 unspecified atom stereocenters. The van der Waals surface area contributed by atoms with Gasteiger partial charge in [0.25, 0.3) is 0 Å². The van der Waals surface area contributed by atoms with Gasteiger partial charge >= 0.3 is 12.0 Å². The lowest BCUT2D eigenvalue weighted by Crippen LogP contribution is -2.52. The number of rotatable bonds is 4. The molecule has 2 heterocycles. The summed E-state index contributed by atoms with van der Waals surface area (Å²) in [5, 5.41) is 9.88. The number of aliphatic carboxylic acids is 1. The fraction of sp³-hybridized carbons (Fsp3) is 0.516. The smallest absolute Gasteiger partial charge is 0.320 e. The van der Waals surface area contributed by atoms with E-state index in [9.17, 15) is 19.5 Å².